The van der Waals surface area contributed by atoms with Crippen molar-refractivity contribution in [3.05, 3.63) is 129 Å². The molecule has 16 heteroatoms. The molecule has 56 heavy (non-hydrogen) atoms. The Morgan fingerprint density at radius 1 is 0.554 bits per heavy atom. The zero-order chi connectivity index (χ0) is 39.5. The molecule has 4 bridgehead atoms. The van der Waals surface area contributed by atoms with E-state index < -0.39 is 35.4 Å². The van der Waals surface area contributed by atoms with Gasteiger partial charge >= 0.3 is 0 Å². The van der Waals surface area contributed by atoms with E-state index in [1.54, 1.807) is 12.1 Å². The fraction of sp³-hybridized carbons (Fsp3) is 0.375. The first-order valence-electron chi connectivity index (χ1n) is 18.9. The zero-order valence-electron chi connectivity index (χ0n) is 31.3. The van der Waals surface area contributed by atoms with Crippen LogP contribution in [0.1, 0.15) is 57.7 Å². The molecule has 4 amide bonds. The number of benzene rings is 2. The van der Waals surface area contributed by atoms with Crippen LogP contribution < -0.4 is 42.3 Å². The van der Waals surface area contributed by atoms with E-state index in [0.29, 0.717) is 39.0 Å². The maximum atomic E-state index is 13.6. The minimum absolute atomic E-state index is 0.00367. The fourth-order valence-corrected chi connectivity index (χ4v) is 5.83. The number of nitrogens with one attached hydrogen (secondary N) is 6. The molecule has 7 rings (SSSR count). The molecule has 2 aromatic carbocycles. The second-order valence-electron chi connectivity index (χ2n) is 13.1. The van der Waals surface area contributed by atoms with Crippen molar-refractivity contribution >= 4 is 23.6 Å². The number of rotatable bonds is 6. The van der Waals surface area contributed by atoms with Crippen LogP contribution in [0.4, 0.5) is 0 Å². The summed E-state index contributed by atoms with van der Waals surface area (Å²) in [4.78, 5) is 78.2. The first-order chi connectivity index (χ1) is 27.3. The molecule has 0 radical (unpaired) electrons. The van der Waals surface area contributed by atoms with Gasteiger partial charge in [0.25, 0.3) is 29.2 Å². The number of carbonyl (C=O) groups is 4. The molecule has 4 aliphatic rings. The number of hydroxylamine groups is 2. The molecule has 7 N–H and O–H groups in total. The van der Waals surface area contributed by atoms with E-state index in [-0.39, 0.29) is 48.8 Å². The van der Waals surface area contributed by atoms with Crippen LogP contribution in [0.3, 0.4) is 0 Å². The Morgan fingerprint density at radius 3 is 1.71 bits per heavy atom. The maximum Gasteiger partial charge on any atom is 0.296 e. The standard InChI is InChI=1S/C40H50N8O8/c49-35-31-15-17-33(47(39(31)53)55-27-29-11-3-1-4-12-29)37(51)45-25-26-46-38(52)34-18-16-32(40(54)48(34)56-28-30-13-5-2-6-14-30)36(50)44-24-10-22-42-20-8-7-19-41-21-9-23-43-35/h1-6,11-18,39,41-42,53H,7-10,19-28H2,(H,43,49)(H,44,50)(H,45,51)(H,46,52). The van der Waals surface area contributed by atoms with Crippen LogP contribution in [0.15, 0.2) is 101 Å². The van der Waals surface area contributed by atoms with E-state index in [2.05, 4.69) is 31.9 Å². The summed E-state index contributed by atoms with van der Waals surface area (Å²) in [6, 6.07) is 20.8. The molecule has 4 aliphatic heterocycles. The quantitative estimate of drug-likeness (QED) is 0.184. The van der Waals surface area contributed by atoms with Gasteiger partial charge in [-0.15, -0.1) is 4.73 Å². The number of hydrogen-bond acceptors (Lipinski definition) is 11. The topological polar surface area (TPSA) is 204 Å². The number of pyridine rings is 1. The molecule has 1 atom stereocenters. The summed E-state index contributed by atoms with van der Waals surface area (Å²) in [7, 11) is 0. The number of aromatic nitrogens is 1. The number of carbonyl (C=O) groups excluding carboxylic acids is 4. The maximum absolute atomic E-state index is 13.6. The third-order valence-electron chi connectivity index (χ3n) is 8.87. The molecule has 3 aromatic rings. The molecule has 0 saturated heterocycles. The molecule has 16 nitrogen and oxygen atoms in total. The van der Waals surface area contributed by atoms with Crippen molar-refractivity contribution in [3.8, 4) is 0 Å². The van der Waals surface area contributed by atoms with Gasteiger partial charge < -0.3 is 41.8 Å². The van der Waals surface area contributed by atoms with Gasteiger partial charge in [-0.1, -0.05) is 60.7 Å². The lowest BCUT2D eigenvalue weighted by atomic mass is 10.1. The summed E-state index contributed by atoms with van der Waals surface area (Å²) in [6.07, 6.45) is 4.39. The highest BCUT2D eigenvalue weighted by atomic mass is 16.7. The Labute approximate surface area is 325 Å². The second kappa shape index (κ2) is 21.9. The Hall–Kier alpha value is -5.81. The van der Waals surface area contributed by atoms with Gasteiger partial charge in [0.2, 0.25) is 0 Å². The number of aliphatic hydroxyl groups is 1. The van der Waals surface area contributed by atoms with Crippen molar-refractivity contribution in [2.75, 3.05) is 52.4 Å². The Bertz CT molecular complexity index is 1900. The Kier molecular flexibility index (Phi) is 16.2. The number of aliphatic hydroxyl groups excluding tert-OH is 1. The number of nitrogens with zero attached hydrogens (tertiary/aromatic N) is 2. The van der Waals surface area contributed by atoms with Crippen molar-refractivity contribution in [2.24, 2.45) is 0 Å². The summed E-state index contributed by atoms with van der Waals surface area (Å²) < 4.78 is 0.807. The van der Waals surface area contributed by atoms with E-state index >= 15 is 0 Å². The average Bonchev–Trinajstić information content (AvgIpc) is 3.21. The summed E-state index contributed by atoms with van der Waals surface area (Å²) in [5.41, 5.74) is 0.321. The van der Waals surface area contributed by atoms with Gasteiger partial charge in [0.15, 0.2) is 6.23 Å². The zero-order valence-corrected chi connectivity index (χ0v) is 31.3. The lowest BCUT2D eigenvalue weighted by Gasteiger charge is -2.33. The number of allylic oxidation sites excluding steroid dienone is 2. The van der Waals surface area contributed by atoms with E-state index in [9.17, 15) is 29.1 Å². The summed E-state index contributed by atoms with van der Waals surface area (Å²) in [6.45, 7) is 3.54. The first kappa shape index (κ1) is 41.4. The summed E-state index contributed by atoms with van der Waals surface area (Å²) in [5.74, 6) is -2.40. The van der Waals surface area contributed by atoms with Gasteiger partial charge in [0, 0.05) is 26.2 Å². The molecule has 0 fully saturated rings. The minimum atomic E-state index is -1.59. The Balaban J connectivity index is 1.31. The highest BCUT2D eigenvalue weighted by molar-refractivity contribution is 5.98. The van der Waals surface area contributed by atoms with Crippen molar-refractivity contribution in [2.45, 2.75) is 45.1 Å². The van der Waals surface area contributed by atoms with Crippen LogP contribution in [0, 0.1) is 0 Å². The van der Waals surface area contributed by atoms with E-state index in [4.69, 9.17) is 9.68 Å². The van der Waals surface area contributed by atoms with Crippen LogP contribution >= 0.6 is 0 Å². The summed E-state index contributed by atoms with van der Waals surface area (Å²) >= 11 is 0. The normalized spacial score (nSPS) is 18.8. The summed E-state index contributed by atoms with van der Waals surface area (Å²) in [5, 5.41) is 29.9. The minimum Gasteiger partial charge on any atom is -0.405 e. The number of fused-ring (bicyclic) bond motifs is 2. The van der Waals surface area contributed by atoms with Crippen LogP contribution in [0.5, 0.6) is 0 Å². The molecular formula is C40H50N8O8. The highest BCUT2D eigenvalue weighted by Crippen LogP contribution is 2.23. The van der Waals surface area contributed by atoms with Crippen molar-refractivity contribution in [1.29, 1.82) is 0 Å². The largest absolute Gasteiger partial charge is 0.405 e. The van der Waals surface area contributed by atoms with E-state index in [1.807, 2.05) is 48.5 Å². The van der Waals surface area contributed by atoms with Crippen molar-refractivity contribution in [1.82, 2.24) is 41.7 Å². The monoisotopic (exact) mass is 770 g/mol. The van der Waals surface area contributed by atoms with E-state index in [1.165, 1.54) is 24.3 Å². The van der Waals surface area contributed by atoms with Gasteiger partial charge in [0.05, 0.1) is 5.57 Å². The average molecular weight is 771 g/mol. The number of hydrogen-bond donors (Lipinski definition) is 7. The van der Waals surface area contributed by atoms with Crippen LogP contribution in [-0.2, 0) is 27.6 Å². The van der Waals surface area contributed by atoms with Gasteiger partial charge in [-0.3, -0.25) is 28.8 Å². The van der Waals surface area contributed by atoms with Gasteiger partial charge in [0.1, 0.15) is 30.2 Å². The predicted octanol–water partition coefficient (Wildman–Crippen LogP) is 0.498. The van der Waals surface area contributed by atoms with Gasteiger partial charge in [-0.25, -0.2) is 5.06 Å². The van der Waals surface area contributed by atoms with Crippen molar-refractivity contribution in [3.63, 3.8) is 0 Å². The first-order valence-corrected chi connectivity index (χ1v) is 18.9. The predicted molar refractivity (Wildman–Crippen MR) is 208 cm³/mol. The third kappa shape index (κ3) is 12.1. The van der Waals surface area contributed by atoms with Gasteiger partial charge in [-0.2, -0.15) is 0 Å². The molecule has 0 spiro atoms. The molecule has 0 saturated carbocycles. The number of amides is 4. The van der Waals surface area contributed by atoms with Crippen LogP contribution in [0.25, 0.3) is 0 Å². The smallest absolute Gasteiger partial charge is 0.296 e. The highest BCUT2D eigenvalue weighted by Gasteiger charge is 2.33. The lowest BCUT2D eigenvalue weighted by Crippen LogP contribution is -2.47. The molecular weight excluding hydrogens is 720 g/mol. The Morgan fingerprint density at radius 2 is 1.09 bits per heavy atom. The van der Waals surface area contributed by atoms with Gasteiger partial charge in [-0.05, 0) is 87.3 Å². The third-order valence-corrected chi connectivity index (χ3v) is 8.87. The van der Waals surface area contributed by atoms with E-state index in [0.717, 1.165) is 46.9 Å². The lowest BCUT2D eigenvalue weighted by molar-refractivity contribution is -0.214. The molecule has 5 heterocycles. The molecule has 298 valence electrons. The SMILES string of the molecule is O=C1NCCCNCCCCNCCCNC(=O)c2ccc(n(OCc3ccccc3)c2=O)C(=O)NCCNC(=O)C2=CC=C1C(O)N2OCc1ccccc1. The second-order valence-corrected chi connectivity index (χ2v) is 13.1. The fourth-order valence-electron chi connectivity index (χ4n) is 5.83. The molecule has 1 aromatic heterocycles. The molecule has 1 unspecified atom stereocenters. The molecule has 0 aliphatic carbocycles. The van der Waals surface area contributed by atoms with Crippen LogP contribution in [0.2, 0.25) is 0 Å². The van der Waals surface area contributed by atoms with Crippen LogP contribution in [-0.4, -0.2) is 97.1 Å². The van der Waals surface area contributed by atoms with Crippen molar-refractivity contribution < 1.29 is 34.0 Å².